The maximum absolute atomic E-state index is 11.2. The first-order valence-corrected chi connectivity index (χ1v) is 6.24. The second-order valence-electron chi connectivity index (χ2n) is 3.43. The minimum Gasteiger partial charge on any atom is -0.348 e. The Kier molecular flexibility index (Phi) is 2.15. The molecule has 1 heterocycles. The molecule has 1 aromatic carbocycles. The number of hydrogen-bond donors (Lipinski definition) is 2. The van der Waals surface area contributed by atoms with Gasteiger partial charge in [0, 0.05) is 17.8 Å². The molecule has 0 bridgehead atoms. The molecule has 1 aromatic rings. The maximum atomic E-state index is 11.2. The molecular formula is C9H10N2O3S. The zero-order chi connectivity index (χ0) is 11.1. The van der Waals surface area contributed by atoms with Crippen LogP contribution in [-0.4, -0.2) is 20.6 Å². The number of amides is 1. The highest BCUT2D eigenvalue weighted by atomic mass is 32.2. The van der Waals surface area contributed by atoms with Crippen molar-refractivity contribution >= 4 is 21.6 Å². The molecule has 15 heavy (non-hydrogen) atoms. The number of sulfonamides is 1. The lowest BCUT2D eigenvalue weighted by molar-refractivity contribution is 0.0966. The highest BCUT2D eigenvalue weighted by Crippen LogP contribution is 2.20. The molecule has 2 rings (SSSR count). The van der Waals surface area contributed by atoms with E-state index in [1.165, 1.54) is 0 Å². The topological polar surface area (TPSA) is 75.3 Å². The first-order chi connectivity index (χ1) is 6.96. The van der Waals surface area contributed by atoms with E-state index < -0.39 is 10.0 Å². The van der Waals surface area contributed by atoms with Crippen LogP contribution in [0.4, 0.5) is 5.69 Å². The number of carbonyl (C=O) groups excluding carboxylic acids is 1. The summed E-state index contributed by atoms with van der Waals surface area (Å²) in [5.74, 6) is -0.115. The Bertz CT molecular complexity index is 522. The van der Waals surface area contributed by atoms with Gasteiger partial charge in [0.05, 0.1) is 6.26 Å². The number of anilines is 1. The summed E-state index contributed by atoms with van der Waals surface area (Å²) in [6.45, 7) is 0.452. The van der Waals surface area contributed by atoms with E-state index in [9.17, 15) is 13.2 Å². The van der Waals surface area contributed by atoms with Gasteiger partial charge in [-0.05, 0) is 23.8 Å². The third-order valence-corrected chi connectivity index (χ3v) is 2.70. The van der Waals surface area contributed by atoms with Crippen molar-refractivity contribution in [1.82, 2.24) is 5.32 Å². The maximum Gasteiger partial charge on any atom is 0.251 e. The van der Waals surface area contributed by atoms with E-state index in [0.717, 1.165) is 11.8 Å². The summed E-state index contributed by atoms with van der Waals surface area (Å²) in [4.78, 5) is 11.2. The smallest absolute Gasteiger partial charge is 0.251 e. The van der Waals surface area contributed by atoms with Crippen LogP contribution >= 0.6 is 0 Å². The summed E-state index contributed by atoms with van der Waals surface area (Å²) in [6.07, 6.45) is 1.09. The zero-order valence-corrected chi connectivity index (χ0v) is 8.89. The summed E-state index contributed by atoms with van der Waals surface area (Å²) in [5.41, 5.74) is 1.90. The van der Waals surface area contributed by atoms with Gasteiger partial charge < -0.3 is 5.32 Å². The third-order valence-electron chi connectivity index (χ3n) is 2.09. The molecular weight excluding hydrogens is 216 g/mol. The molecule has 0 fully saturated rings. The molecule has 0 saturated heterocycles. The fourth-order valence-corrected chi connectivity index (χ4v) is 2.06. The van der Waals surface area contributed by atoms with Crippen LogP contribution in [0, 0.1) is 0 Å². The molecule has 0 unspecified atom stereocenters. The van der Waals surface area contributed by atoms with Crippen LogP contribution in [0.5, 0.6) is 0 Å². The quantitative estimate of drug-likeness (QED) is 0.761. The van der Waals surface area contributed by atoms with E-state index in [-0.39, 0.29) is 5.91 Å². The van der Waals surface area contributed by atoms with Gasteiger partial charge in [-0.1, -0.05) is 0 Å². The van der Waals surface area contributed by atoms with Crippen molar-refractivity contribution in [3.05, 3.63) is 29.3 Å². The van der Waals surface area contributed by atoms with Gasteiger partial charge in [-0.3, -0.25) is 9.52 Å². The monoisotopic (exact) mass is 226 g/mol. The highest BCUT2D eigenvalue weighted by molar-refractivity contribution is 7.92. The molecule has 1 amide bonds. The van der Waals surface area contributed by atoms with Crippen molar-refractivity contribution < 1.29 is 13.2 Å². The molecule has 0 radical (unpaired) electrons. The van der Waals surface area contributed by atoms with Gasteiger partial charge in [-0.25, -0.2) is 8.42 Å². The number of rotatable bonds is 2. The van der Waals surface area contributed by atoms with E-state index in [4.69, 9.17) is 0 Å². The van der Waals surface area contributed by atoms with Gasteiger partial charge >= 0.3 is 0 Å². The van der Waals surface area contributed by atoms with Gasteiger partial charge in [-0.2, -0.15) is 0 Å². The lowest BCUT2D eigenvalue weighted by atomic mass is 10.1. The second-order valence-corrected chi connectivity index (χ2v) is 5.18. The summed E-state index contributed by atoms with van der Waals surface area (Å²) < 4.78 is 24.3. The fraction of sp³-hybridized carbons (Fsp3) is 0.222. The molecule has 80 valence electrons. The van der Waals surface area contributed by atoms with Crippen molar-refractivity contribution in [2.24, 2.45) is 0 Å². The van der Waals surface area contributed by atoms with E-state index in [1.807, 2.05) is 0 Å². The lowest BCUT2D eigenvalue weighted by Crippen LogP contribution is -2.12. The minimum atomic E-state index is -3.26. The van der Waals surface area contributed by atoms with Crippen molar-refractivity contribution in [3.8, 4) is 0 Å². The van der Waals surface area contributed by atoms with Crippen LogP contribution in [0.2, 0.25) is 0 Å². The molecule has 0 saturated carbocycles. The standard InChI is InChI=1S/C9H10N2O3S/c1-15(13,14)11-7-2-3-8-6(4-7)5-10-9(8)12/h2-4,11H,5H2,1H3,(H,10,12). The minimum absolute atomic E-state index is 0.115. The number of benzene rings is 1. The zero-order valence-electron chi connectivity index (χ0n) is 8.07. The lowest BCUT2D eigenvalue weighted by Gasteiger charge is -2.04. The van der Waals surface area contributed by atoms with Crippen LogP contribution in [0.15, 0.2) is 18.2 Å². The Morgan fingerprint density at radius 2 is 2.13 bits per heavy atom. The molecule has 0 aromatic heterocycles. The van der Waals surface area contributed by atoms with Crippen LogP contribution in [0.3, 0.4) is 0 Å². The number of fused-ring (bicyclic) bond motifs is 1. The van der Waals surface area contributed by atoms with Gasteiger partial charge in [0.1, 0.15) is 0 Å². The van der Waals surface area contributed by atoms with Gasteiger partial charge in [-0.15, -0.1) is 0 Å². The summed E-state index contributed by atoms with van der Waals surface area (Å²) >= 11 is 0. The van der Waals surface area contributed by atoms with Crippen molar-refractivity contribution in [2.75, 3.05) is 11.0 Å². The average Bonchev–Trinajstić information content (AvgIpc) is 2.45. The average molecular weight is 226 g/mol. The van der Waals surface area contributed by atoms with Gasteiger partial charge in [0.2, 0.25) is 10.0 Å². The van der Waals surface area contributed by atoms with Crippen LogP contribution in [-0.2, 0) is 16.6 Å². The third kappa shape index (κ3) is 2.10. The van der Waals surface area contributed by atoms with E-state index >= 15 is 0 Å². The van der Waals surface area contributed by atoms with Crippen molar-refractivity contribution in [3.63, 3.8) is 0 Å². The SMILES string of the molecule is CS(=O)(=O)Nc1ccc2c(c1)CNC2=O. The molecule has 1 aliphatic rings. The van der Waals surface area contributed by atoms with Gasteiger partial charge in [0.25, 0.3) is 5.91 Å². The predicted molar refractivity (Wildman–Crippen MR) is 56.1 cm³/mol. The number of hydrogen-bond acceptors (Lipinski definition) is 3. The molecule has 1 aliphatic heterocycles. The van der Waals surface area contributed by atoms with E-state index in [0.29, 0.717) is 17.8 Å². The largest absolute Gasteiger partial charge is 0.348 e. The van der Waals surface area contributed by atoms with Crippen molar-refractivity contribution in [2.45, 2.75) is 6.54 Å². The molecule has 5 nitrogen and oxygen atoms in total. The van der Waals surface area contributed by atoms with Crippen LogP contribution < -0.4 is 10.0 Å². The number of carbonyl (C=O) groups is 1. The molecule has 0 aliphatic carbocycles. The molecule has 6 heteroatoms. The van der Waals surface area contributed by atoms with Crippen molar-refractivity contribution in [1.29, 1.82) is 0 Å². The first-order valence-electron chi connectivity index (χ1n) is 4.34. The Morgan fingerprint density at radius 1 is 1.40 bits per heavy atom. The predicted octanol–water partition coefficient (Wildman–Crippen LogP) is 0.301. The Balaban J connectivity index is 2.35. The fourth-order valence-electron chi connectivity index (χ4n) is 1.51. The summed E-state index contributed by atoms with van der Waals surface area (Å²) in [6, 6.07) is 4.85. The Labute approximate surface area is 87.5 Å². The summed E-state index contributed by atoms with van der Waals surface area (Å²) in [5, 5.41) is 2.66. The summed E-state index contributed by atoms with van der Waals surface area (Å²) in [7, 11) is -3.26. The second kappa shape index (κ2) is 3.23. The molecule has 2 N–H and O–H groups in total. The highest BCUT2D eigenvalue weighted by Gasteiger charge is 2.18. The van der Waals surface area contributed by atoms with Crippen LogP contribution in [0.1, 0.15) is 15.9 Å². The normalized spacial score (nSPS) is 14.6. The number of nitrogens with one attached hydrogen (secondary N) is 2. The van der Waals surface area contributed by atoms with Gasteiger partial charge in [0.15, 0.2) is 0 Å². The molecule has 0 spiro atoms. The van der Waals surface area contributed by atoms with E-state index in [1.54, 1.807) is 18.2 Å². The Hall–Kier alpha value is -1.56. The van der Waals surface area contributed by atoms with Crippen LogP contribution in [0.25, 0.3) is 0 Å². The first kappa shape index (κ1) is 9.97. The van der Waals surface area contributed by atoms with E-state index in [2.05, 4.69) is 10.0 Å². The Morgan fingerprint density at radius 3 is 2.80 bits per heavy atom. The molecule has 0 atom stereocenters.